The van der Waals surface area contributed by atoms with Crippen LogP contribution in [0.4, 0.5) is 0 Å². The number of nitrogens with zero attached hydrogens (tertiary/aromatic N) is 1. The first-order valence-electron chi connectivity index (χ1n) is 5.37. The molecule has 1 atom stereocenters. The molecule has 0 aliphatic heterocycles. The van der Waals surface area contributed by atoms with Crippen LogP contribution in [0.25, 0.3) is 5.69 Å². The average molecular weight is 230 g/mol. The number of carbonyl (C=O) groups is 1. The first kappa shape index (κ1) is 11.4. The van der Waals surface area contributed by atoms with Gasteiger partial charge in [0, 0.05) is 24.1 Å². The monoisotopic (exact) mass is 230 g/mol. The second kappa shape index (κ2) is 4.84. The number of aliphatic carboxylic acids is 1. The van der Waals surface area contributed by atoms with E-state index in [1.54, 1.807) is 0 Å². The van der Waals surface area contributed by atoms with Gasteiger partial charge in [-0.2, -0.15) is 0 Å². The molecule has 0 amide bonds. The zero-order valence-corrected chi connectivity index (χ0v) is 9.28. The Morgan fingerprint density at radius 2 is 2.00 bits per heavy atom. The van der Waals surface area contributed by atoms with Crippen molar-refractivity contribution in [2.75, 3.05) is 0 Å². The summed E-state index contributed by atoms with van der Waals surface area (Å²) in [6.07, 6.45) is 3.80. The van der Waals surface area contributed by atoms with Crippen molar-refractivity contribution < 1.29 is 9.90 Å². The van der Waals surface area contributed by atoms with E-state index in [-0.39, 0.29) is 6.42 Å². The van der Waals surface area contributed by atoms with Gasteiger partial charge in [-0.25, -0.2) is 0 Å². The smallest absolute Gasteiger partial charge is 0.305 e. The summed E-state index contributed by atoms with van der Waals surface area (Å²) in [5.41, 5.74) is 7.64. The van der Waals surface area contributed by atoms with E-state index in [2.05, 4.69) is 0 Å². The number of benzene rings is 1. The van der Waals surface area contributed by atoms with Crippen LogP contribution in [0.2, 0.25) is 0 Å². The summed E-state index contributed by atoms with van der Waals surface area (Å²) in [6.45, 7) is 0. The van der Waals surface area contributed by atoms with E-state index in [1.807, 2.05) is 53.4 Å². The molecule has 0 spiro atoms. The van der Waals surface area contributed by atoms with Crippen molar-refractivity contribution in [1.82, 2.24) is 4.57 Å². The largest absolute Gasteiger partial charge is 0.481 e. The molecule has 0 radical (unpaired) electrons. The highest BCUT2D eigenvalue weighted by Gasteiger charge is 2.10. The zero-order chi connectivity index (χ0) is 12.3. The number of aromatic nitrogens is 1. The van der Waals surface area contributed by atoms with Crippen LogP contribution >= 0.6 is 0 Å². The molecule has 2 rings (SSSR count). The molecule has 1 unspecified atom stereocenters. The second-order valence-corrected chi connectivity index (χ2v) is 3.89. The van der Waals surface area contributed by atoms with E-state index in [1.165, 1.54) is 0 Å². The van der Waals surface area contributed by atoms with E-state index in [9.17, 15) is 4.79 Å². The SMILES string of the molecule is NC(CC(=O)O)c1cccc(-n2cccc2)c1. The third-order valence-corrected chi connectivity index (χ3v) is 2.60. The Balaban J connectivity index is 2.25. The zero-order valence-electron chi connectivity index (χ0n) is 9.28. The van der Waals surface area contributed by atoms with Gasteiger partial charge >= 0.3 is 5.97 Å². The molecule has 17 heavy (non-hydrogen) atoms. The van der Waals surface area contributed by atoms with Crippen LogP contribution in [-0.4, -0.2) is 15.6 Å². The average Bonchev–Trinajstić information content (AvgIpc) is 2.82. The molecule has 0 aliphatic rings. The molecular formula is C13H14N2O2. The normalized spacial score (nSPS) is 12.3. The van der Waals surface area contributed by atoms with E-state index in [0.29, 0.717) is 0 Å². The molecule has 1 aromatic heterocycles. The van der Waals surface area contributed by atoms with Gasteiger partial charge in [-0.3, -0.25) is 4.79 Å². The van der Waals surface area contributed by atoms with E-state index >= 15 is 0 Å². The minimum Gasteiger partial charge on any atom is -0.481 e. The maximum Gasteiger partial charge on any atom is 0.305 e. The summed E-state index contributed by atoms with van der Waals surface area (Å²) in [6, 6.07) is 11.0. The number of hydrogen-bond donors (Lipinski definition) is 2. The molecule has 1 heterocycles. The van der Waals surface area contributed by atoms with Gasteiger partial charge in [-0.15, -0.1) is 0 Å². The minimum absolute atomic E-state index is 0.0604. The lowest BCUT2D eigenvalue weighted by molar-refractivity contribution is -0.137. The summed E-state index contributed by atoms with van der Waals surface area (Å²) in [7, 11) is 0. The van der Waals surface area contributed by atoms with E-state index < -0.39 is 12.0 Å². The highest BCUT2D eigenvalue weighted by Crippen LogP contribution is 2.18. The van der Waals surface area contributed by atoms with Crippen molar-refractivity contribution in [3.8, 4) is 5.69 Å². The van der Waals surface area contributed by atoms with Crippen LogP contribution in [0, 0.1) is 0 Å². The Morgan fingerprint density at radius 1 is 1.29 bits per heavy atom. The van der Waals surface area contributed by atoms with Gasteiger partial charge < -0.3 is 15.4 Å². The maximum absolute atomic E-state index is 10.6. The molecule has 4 heteroatoms. The predicted octanol–water partition coefficient (Wildman–Crippen LogP) is 1.95. The molecule has 0 aliphatic carbocycles. The standard InChI is InChI=1S/C13H14N2O2/c14-12(9-13(16)17)10-4-3-5-11(8-10)15-6-1-2-7-15/h1-8,12H,9,14H2,(H,16,17). The highest BCUT2D eigenvalue weighted by molar-refractivity contribution is 5.68. The van der Waals surface area contributed by atoms with Gasteiger partial charge in [-0.05, 0) is 29.8 Å². The number of carboxylic acids is 1. The molecule has 88 valence electrons. The van der Waals surface area contributed by atoms with Crippen LogP contribution in [-0.2, 0) is 4.79 Å². The molecular weight excluding hydrogens is 216 g/mol. The van der Waals surface area contributed by atoms with Crippen LogP contribution in [0.1, 0.15) is 18.0 Å². The Hall–Kier alpha value is -2.07. The topological polar surface area (TPSA) is 68.2 Å². The van der Waals surface area contributed by atoms with Crippen molar-refractivity contribution in [3.63, 3.8) is 0 Å². The van der Waals surface area contributed by atoms with Crippen LogP contribution in [0.3, 0.4) is 0 Å². The molecule has 0 fully saturated rings. The van der Waals surface area contributed by atoms with Gasteiger partial charge in [0.25, 0.3) is 0 Å². The van der Waals surface area contributed by atoms with Gasteiger partial charge in [0.2, 0.25) is 0 Å². The predicted molar refractivity (Wildman–Crippen MR) is 65.0 cm³/mol. The molecule has 0 saturated carbocycles. The van der Waals surface area contributed by atoms with Crippen molar-refractivity contribution >= 4 is 5.97 Å². The lowest BCUT2D eigenvalue weighted by Crippen LogP contribution is -2.15. The van der Waals surface area contributed by atoms with Gasteiger partial charge in [0.05, 0.1) is 6.42 Å². The number of hydrogen-bond acceptors (Lipinski definition) is 2. The van der Waals surface area contributed by atoms with Crippen LogP contribution in [0.5, 0.6) is 0 Å². The quantitative estimate of drug-likeness (QED) is 0.843. The Labute approximate surface area is 99.3 Å². The summed E-state index contributed by atoms with van der Waals surface area (Å²) in [5, 5.41) is 8.71. The molecule has 0 bridgehead atoms. The Kier molecular flexibility index (Phi) is 3.25. The fourth-order valence-electron chi connectivity index (χ4n) is 1.73. The molecule has 2 aromatic rings. The van der Waals surface area contributed by atoms with Gasteiger partial charge in [-0.1, -0.05) is 12.1 Å². The Morgan fingerprint density at radius 3 is 2.65 bits per heavy atom. The fraction of sp³-hybridized carbons (Fsp3) is 0.154. The van der Waals surface area contributed by atoms with Gasteiger partial charge in [0.15, 0.2) is 0 Å². The lowest BCUT2D eigenvalue weighted by atomic mass is 10.0. The maximum atomic E-state index is 10.6. The molecule has 1 aromatic carbocycles. The van der Waals surface area contributed by atoms with Crippen molar-refractivity contribution in [2.45, 2.75) is 12.5 Å². The van der Waals surface area contributed by atoms with E-state index in [4.69, 9.17) is 10.8 Å². The number of carboxylic acid groups (broad SMARTS) is 1. The van der Waals surface area contributed by atoms with Crippen LogP contribution in [0.15, 0.2) is 48.8 Å². The summed E-state index contributed by atoms with van der Waals surface area (Å²) in [4.78, 5) is 10.6. The summed E-state index contributed by atoms with van der Waals surface area (Å²) in [5.74, 6) is -0.885. The third-order valence-electron chi connectivity index (χ3n) is 2.60. The van der Waals surface area contributed by atoms with Crippen molar-refractivity contribution in [1.29, 1.82) is 0 Å². The first-order chi connectivity index (χ1) is 8.16. The van der Waals surface area contributed by atoms with Crippen molar-refractivity contribution in [3.05, 3.63) is 54.4 Å². The molecule has 3 N–H and O–H groups in total. The number of nitrogens with two attached hydrogens (primary N) is 1. The van der Waals surface area contributed by atoms with E-state index in [0.717, 1.165) is 11.3 Å². The summed E-state index contributed by atoms with van der Waals surface area (Å²) >= 11 is 0. The highest BCUT2D eigenvalue weighted by atomic mass is 16.4. The third kappa shape index (κ3) is 2.73. The fourth-order valence-corrected chi connectivity index (χ4v) is 1.73. The van der Waals surface area contributed by atoms with Crippen molar-refractivity contribution in [2.24, 2.45) is 5.73 Å². The first-order valence-corrected chi connectivity index (χ1v) is 5.37. The van der Waals surface area contributed by atoms with Crippen LogP contribution < -0.4 is 5.73 Å². The number of rotatable bonds is 4. The minimum atomic E-state index is -0.885. The summed E-state index contributed by atoms with van der Waals surface area (Å²) < 4.78 is 1.96. The second-order valence-electron chi connectivity index (χ2n) is 3.89. The Bertz CT molecular complexity index is 506. The lowest BCUT2D eigenvalue weighted by Gasteiger charge is -2.11. The molecule has 0 saturated heterocycles. The molecule has 4 nitrogen and oxygen atoms in total. The van der Waals surface area contributed by atoms with Gasteiger partial charge in [0.1, 0.15) is 0 Å².